The van der Waals surface area contributed by atoms with Crippen LogP contribution in [-0.4, -0.2) is 16.7 Å². The Balaban J connectivity index is 2.13. The number of furan rings is 1. The van der Waals surface area contributed by atoms with Crippen molar-refractivity contribution in [2.45, 2.75) is 46.1 Å². The topological polar surface area (TPSA) is 64.1 Å². The first-order chi connectivity index (χ1) is 9.28. The Kier molecular flexibility index (Phi) is 4.74. The monoisotopic (exact) mass is 263 g/mol. The molecule has 0 aliphatic heterocycles. The highest BCUT2D eigenvalue weighted by Gasteiger charge is 2.18. The van der Waals surface area contributed by atoms with E-state index in [1.54, 1.807) is 0 Å². The summed E-state index contributed by atoms with van der Waals surface area (Å²) >= 11 is 0. The van der Waals surface area contributed by atoms with Gasteiger partial charge in [-0.05, 0) is 31.5 Å². The SMILES string of the molecule is CCCNC(CC)c1nnc(-c2ccc(CC)o2)o1. The molecule has 1 unspecified atom stereocenters. The highest BCUT2D eigenvalue weighted by atomic mass is 16.4. The van der Waals surface area contributed by atoms with Crippen molar-refractivity contribution in [1.29, 1.82) is 0 Å². The van der Waals surface area contributed by atoms with Crippen molar-refractivity contribution in [2.75, 3.05) is 6.54 Å². The van der Waals surface area contributed by atoms with Crippen LogP contribution in [0.25, 0.3) is 11.7 Å². The molecule has 2 aromatic rings. The summed E-state index contributed by atoms with van der Waals surface area (Å²) in [5.74, 6) is 2.64. The second-order valence-corrected chi connectivity index (χ2v) is 4.48. The first kappa shape index (κ1) is 13.8. The van der Waals surface area contributed by atoms with Gasteiger partial charge in [0.2, 0.25) is 5.89 Å². The molecular weight excluding hydrogens is 242 g/mol. The normalized spacial score (nSPS) is 12.8. The molecule has 2 rings (SSSR count). The van der Waals surface area contributed by atoms with Crippen LogP contribution in [0.1, 0.15) is 51.3 Å². The third kappa shape index (κ3) is 3.23. The van der Waals surface area contributed by atoms with Gasteiger partial charge in [-0.15, -0.1) is 10.2 Å². The van der Waals surface area contributed by atoms with E-state index in [0.29, 0.717) is 17.5 Å². The minimum atomic E-state index is 0.113. The van der Waals surface area contributed by atoms with Gasteiger partial charge in [-0.25, -0.2) is 0 Å². The zero-order valence-corrected chi connectivity index (χ0v) is 11.8. The molecular formula is C14H21N3O2. The average Bonchev–Trinajstić information content (AvgIpc) is 3.08. The predicted molar refractivity (Wildman–Crippen MR) is 72.7 cm³/mol. The zero-order chi connectivity index (χ0) is 13.7. The van der Waals surface area contributed by atoms with Gasteiger partial charge in [-0.1, -0.05) is 20.8 Å². The van der Waals surface area contributed by atoms with Crippen LogP contribution in [0.2, 0.25) is 0 Å². The Morgan fingerprint density at radius 3 is 2.63 bits per heavy atom. The molecule has 0 aliphatic rings. The highest BCUT2D eigenvalue weighted by molar-refractivity contribution is 5.43. The van der Waals surface area contributed by atoms with E-state index in [0.717, 1.165) is 31.6 Å². The van der Waals surface area contributed by atoms with E-state index in [4.69, 9.17) is 8.83 Å². The van der Waals surface area contributed by atoms with E-state index in [9.17, 15) is 0 Å². The fraction of sp³-hybridized carbons (Fsp3) is 0.571. The minimum absolute atomic E-state index is 0.113. The summed E-state index contributed by atoms with van der Waals surface area (Å²) in [6, 6.07) is 3.92. The second kappa shape index (κ2) is 6.52. The fourth-order valence-corrected chi connectivity index (χ4v) is 1.88. The lowest BCUT2D eigenvalue weighted by Crippen LogP contribution is -2.21. The van der Waals surface area contributed by atoms with Gasteiger partial charge in [0.25, 0.3) is 5.89 Å². The first-order valence-electron chi connectivity index (χ1n) is 6.94. The van der Waals surface area contributed by atoms with Crippen LogP contribution in [0.5, 0.6) is 0 Å². The van der Waals surface area contributed by atoms with Crippen molar-refractivity contribution in [1.82, 2.24) is 15.5 Å². The molecule has 0 aliphatic carbocycles. The maximum absolute atomic E-state index is 5.70. The quantitative estimate of drug-likeness (QED) is 0.830. The van der Waals surface area contributed by atoms with E-state index >= 15 is 0 Å². The maximum atomic E-state index is 5.70. The van der Waals surface area contributed by atoms with E-state index in [1.807, 2.05) is 19.1 Å². The lowest BCUT2D eigenvalue weighted by molar-refractivity contribution is 0.389. The summed E-state index contributed by atoms with van der Waals surface area (Å²) in [5, 5.41) is 11.6. The van der Waals surface area contributed by atoms with Gasteiger partial charge in [0.05, 0.1) is 6.04 Å². The van der Waals surface area contributed by atoms with Crippen LogP contribution in [-0.2, 0) is 6.42 Å². The van der Waals surface area contributed by atoms with E-state index < -0.39 is 0 Å². The molecule has 0 saturated heterocycles. The van der Waals surface area contributed by atoms with Crippen LogP contribution in [0, 0.1) is 0 Å². The Bertz CT molecular complexity index is 504. The summed E-state index contributed by atoms with van der Waals surface area (Å²) in [4.78, 5) is 0. The third-order valence-corrected chi connectivity index (χ3v) is 3.01. The van der Waals surface area contributed by atoms with Gasteiger partial charge in [0.15, 0.2) is 5.76 Å². The van der Waals surface area contributed by atoms with Crippen LogP contribution in [0.4, 0.5) is 0 Å². The van der Waals surface area contributed by atoms with Crippen molar-refractivity contribution in [2.24, 2.45) is 0 Å². The molecule has 0 aromatic carbocycles. The van der Waals surface area contributed by atoms with Crippen LogP contribution in [0.15, 0.2) is 21.0 Å². The Labute approximate surface area is 113 Å². The van der Waals surface area contributed by atoms with Gasteiger partial charge in [-0.3, -0.25) is 0 Å². The number of hydrogen-bond acceptors (Lipinski definition) is 5. The Morgan fingerprint density at radius 1 is 1.16 bits per heavy atom. The molecule has 0 saturated carbocycles. The minimum Gasteiger partial charge on any atom is -0.456 e. The van der Waals surface area contributed by atoms with Gasteiger partial charge < -0.3 is 14.2 Å². The number of nitrogens with zero attached hydrogens (tertiary/aromatic N) is 2. The van der Waals surface area contributed by atoms with Crippen LogP contribution < -0.4 is 5.32 Å². The van der Waals surface area contributed by atoms with Crippen LogP contribution >= 0.6 is 0 Å². The van der Waals surface area contributed by atoms with Crippen molar-refractivity contribution < 1.29 is 8.83 Å². The molecule has 1 atom stereocenters. The summed E-state index contributed by atoms with van der Waals surface area (Å²) in [6.07, 6.45) is 2.85. The number of hydrogen-bond donors (Lipinski definition) is 1. The van der Waals surface area contributed by atoms with E-state index in [2.05, 4.69) is 29.4 Å². The molecule has 0 spiro atoms. The summed E-state index contributed by atoms with van der Waals surface area (Å²) in [5.41, 5.74) is 0. The van der Waals surface area contributed by atoms with Gasteiger partial charge in [0.1, 0.15) is 5.76 Å². The smallest absolute Gasteiger partial charge is 0.283 e. The van der Waals surface area contributed by atoms with E-state index in [-0.39, 0.29) is 6.04 Å². The summed E-state index contributed by atoms with van der Waals surface area (Å²) < 4.78 is 11.3. The molecule has 0 fully saturated rings. The second-order valence-electron chi connectivity index (χ2n) is 4.48. The van der Waals surface area contributed by atoms with Crippen molar-refractivity contribution in [3.63, 3.8) is 0 Å². The molecule has 2 aromatic heterocycles. The lowest BCUT2D eigenvalue weighted by Gasteiger charge is -2.11. The molecule has 104 valence electrons. The Hall–Kier alpha value is -1.62. The Morgan fingerprint density at radius 2 is 2.00 bits per heavy atom. The van der Waals surface area contributed by atoms with Crippen molar-refractivity contribution in [3.05, 3.63) is 23.8 Å². The zero-order valence-electron chi connectivity index (χ0n) is 11.8. The molecule has 0 amide bonds. The molecule has 19 heavy (non-hydrogen) atoms. The molecule has 2 heterocycles. The number of nitrogens with one attached hydrogen (secondary N) is 1. The highest BCUT2D eigenvalue weighted by Crippen LogP contribution is 2.24. The predicted octanol–water partition coefficient (Wildman–Crippen LogP) is 3.34. The fourth-order valence-electron chi connectivity index (χ4n) is 1.88. The van der Waals surface area contributed by atoms with E-state index in [1.165, 1.54) is 0 Å². The maximum Gasteiger partial charge on any atom is 0.283 e. The van der Waals surface area contributed by atoms with Gasteiger partial charge >= 0.3 is 0 Å². The molecule has 1 N–H and O–H groups in total. The standard InChI is InChI=1S/C14H21N3O2/c1-4-9-15-11(6-3)13-16-17-14(19-13)12-8-7-10(5-2)18-12/h7-8,11,15H,4-6,9H2,1-3H3. The molecule has 5 nitrogen and oxygen atoms in total. The number of rotatable bonds is 7. The van der Waals surface area contributed by atoms with Gasteiger partial charge in [0, 0.05) is 6.42 Å². The first-order valence-corrected chi connectivity index (χ1v) is 6.94. The lowest BCUT2D eigenvalue weighted by atomic mass is 10.2. The largest absolute Gasteiger partial charge is 0.456 e. The molecule has 5 heteroatoms. The van der Waals surface area contributed by atoms with Crippen molar-refractivity contribution in [3.8, 4) is 11.7 Å². The van der Waals surface area contributed by atoms with Gasteiger partial charge in [-0.2, -0.15) is 0 Å². The van der Waals surface area contributed by atoms with Crippen molar-refractivity contribution >= 4 is 0 Å². The molecule has 0 radical (unpaired) electrons. The third-order valence-electron chi connectivity index (χ3n) is 3.01. The van der Waals surface area contributed by atoms with Crippen LogP contribution in [0.3, 0.4) is 0 Å². The number of aromatic nitrogens is 2. The average molecular weight is 263 g/mol. The summed E-state index contributed by atoms with van der Waals surface area (Å²) in [7, 11) is 0. The summed E-state index contributed by atoms with van der Waals surface area (Å²) in [6.45, 7) is 7.22. The molecule has 0 bridgehead atoms. The number of aryl methyl sites for hydroxylation is 1.